The summed E-state index contributed by atoms with van der Waals surface area (Å²) in [4.78, 5) is 4.15. The monoisotopic (exact) mass is 234 g/mol. The van der Waals surface area contributed by atoms with E-state index in [9.17, 15) is 0 Å². The Bertz CT molecular complexity index is 474. The van der Waals surface area contributed by atoms with Crippen LogP contribution in [-0.4, -0.2) is 4.98 Å². The second kappa shape index (κ2) is 4.86. The molecule has 0 saturated carbocycles. The Balaban J connectivity index is 2.08. The maximum atomic E-state index is 5.85. The normalized spacial score (nSPS) is 10.1. The molecule has 16 heavy (non-hydrogen) atoms. The van der Waals surface area contributed by atoms with Crippen molar-refractivity contribution in [1.29, 1.82) is 0 Å². The van der Waals surface area contributed by atoms with Gasteiger partial charge in [-0.25, -0.2) is 0 Å². The number of ether oxygens (including phenoxy) is 1. The highest BCUT2D eigenvalue weighted by molar-refractivity contribution is 6.30. The molecule has 0 radical (unpaired) electrons. The average molecular weight is 235 g/mol. The van der Waals surface area contributed by atoms with Crippen molar-refractivity contribution in [3.8, 4) is 5.75 Å². The van der Waals surface area contributed by atoms with Gasteiger partial charge in [-0.15, -0.1) is 0 Å². The van der Waals surface area contributed by atoms with Crippen LogP contribution >= 0.6 is 11.6 Å². The predicted octanol–water partition coefficient (Wildman–Crippen LogP) is 2.90. The SMILES string of the molecule is Nc1ccc(Cl)cc1OCc1ccccn1. The van der Waals surface area contributed by atoms with Crippen molar-refractivity contribution < 1.29 is 4.74 Å². The Kier molecular flexibility index (Phi) is 3.27. The lowest BCUT2D eigenvalue weighted by molar-refractivity contribution is 0.303. The Hall–Kier alpha value is -1.74. The van der Waals surface area contributed by atoms with Crippen molar-refractivity contribution in [2.45, 2.75) is 6.61 Å². The number of nitrogens with zero attached hydrogens (tertiary/aromatic N) is 1. The number of hydrogen-bond donors (Lipinski definition) is 1. The van der Waals surface area contributed by atoms with Gasteiger partial charge in [0.25, 0.3) is 0 Å². The van der Waals surface area contributed by atoms with Gasteiger partial charge in [-0.05, 0) is 24.3 Å². The number of halogens is 1. The summed E-state index contributed by atoms with van der Waals surface area (Å²) < 4.78 is 5.53. The van der Waals surface area contributed by atoms with Crippen LogP contribution in [0, 0.1) is 0 Å². The van der Waals surface area contributed by atoms with E-state index >= 15 is 0 Å². The summed E-state index contributed by atoms with van der Waals surface area (Å²) >= 11 is 5.85. The van der Waals surface area contributed by atoms with Crippen LogP contribution in [0.15, 0.2) is 42.6 Å². The first-order valence-corrected chi connectivity index (χ1v) is 5.21. The first-order valence-electron chi connectivity index (χ1n) is 4.83. The summed E-state index contributed by atoms with van der Waals surface area (Å²) in [5.74, 6) is 0.582. The van der Waals surface area contributed by atoms with Gasteiger partial charge >= 0.3 is 0 Å². The number of benzene rings is 1. The van der Waals surface area contributed by atoms with Gasteiger partial charge in [0.1, 0.15) is 12.4 Å². The second-order valence-corrected chi connectivity index (χ2v) is 3.73. The molecule has 0 bridgehead atoms. The van der Waals surface area contributed by atoms with Gasteiger partial charge < -0.3 is 10.5 Å². The third-order valence-electron chi connectivity index (χ3n) is 2.08. The molecule has 0 spiro atoms. The number of nitrogens with two attached hydrogens (primary N) is 1. The number of aromatic nitrogens is 1. The highest BCUT2D eigenvalue weighted by Gasteiger charge is 2.02. The summed E-state index contributed by atoms with van der Waals surface area (Å²) in [6, 6.07) is 10.8. The van der Waals surface area contributed by atoms with Gasteiger partial charge in [-0.2, -0.15) is 0 Å². The summed E-state index contributed by atoms with van der Waals surface area (Å²) in [5.41, 5.74) is 7.17. The van der Waals surface area contributed by atoms with Gasteiger partial charge in [0.15, 0.2) is 0 Å². The molecule has 0 aliphatic carbocycles. The van der Waals surface area contributed by atoms with Gasteiger partial charge in [0.05, 0.1) is 11.4 Å². The molecule has 0 saturated heterocycles. The molecule has 0 aliphatic rings. The standard InChI is InChI=1S/C12H11ClN2O/c13-9-4-5-11(14)12(7-9)16-8-10-3-1-2-6-15-10/h1-7H,8,14H2. The molecule has 4 heteroatoms. The Labute approximate surface area is 98.8 Å². The maximum absolute atomic E-state index is 5.85. The number of hydrogen-bond acceptors (Lipinski definition) is 3. The highest BCUT2D eigenvalue weighted by Crippen LogP contribution is 2.25. The van der Waals surface area contributed by atoms with Crippen molar-refractivity contribution in [2.75, 3.05) is 5.73 Å². The smallest absolute Gasteiger partial charge is 0.144 e. The predicted molar refractivity (Wildman–Crippen MR) is 64.4 cm³/mol. The summed E-state index contributed by atoms with van der Waals surface area (Å²) in [5, 5.41) is 0.602. The molecule has 0 fully saturated rings. The van der Waals surface area contributed by atoms with Crippen LogP contribution < -0.4 is 10.5 Å². The van der Waals surface area contributed by atoms with E-state index in [2.05, 4.69) is 4.98 Å². The van der Waals surface area contributed by atoms with E-state index in [1.165, 1.54) is 0 Å². The zero-order chi connectivity index (χ0) is 11.4. The largest absolute Gasteiger partial charge is 0.485 e. The van der Waals surface area contributed by atoms with E-state index in [1.807, 2.05) is 18.2 Å². The Morgan fingerprint density at radius 2 is 2.12 bits per heavy atom. The number of nitrogen functional groups attached to an aromatic ring is 1. The van der Waals surface area contributed by atoms with Crippen molar-refractivity contribution in [3.63, 3.8) is 0 Å². The van der Waals surface area contributed by atoms with E-state index in [0.29, 0.717) is 23.1 Å². The molecule has 2 aromatic rings. The molecule has 2 N–H and O–H groups in total. The minimum Gasteiger partial charge on any atom is -0.485 e. The lowest BCUT2D eigenvalue weighted by Gasteiger charge is -2.08. The van der Waals surface area contributed by atoms with Crippen LogP contribution in [0.4, 0.5) is 5.69 Å². The van der Waals surface area contributed by atoms with Crippen LogP contribution in [0.25, 0.3) is 0 Å². The lowest BCUT2D eigenvalue weighted by Crippen LogP contribution is -2.00. The second-order valence-electron chi connectivity index (χ2n) is 3.29. The van der Waals surface area contributed by atoms with Crippen LogP contribution in [0.3, 0.4) is 0 Å². The van der Waals surface area contributed by atoms with Gasteiger partial charge in [0, 0.05) is 17.3 Å². The maximum Gasteiger partial charge on any atom is 0.144 e. The molecule has 3 nitrogen and oxygen atoms in total. The molecule has 0 atom stereocenters. The third-order valence-corrected chi connectivity index (χ3v) is 2.31. The van der Waals surface area contributed by atoms with Crippen LogP contribution in [0.1, 0.15) is 5.69 Å². The van der Waals surface area contributed by atoms with Gasteiger partial charge in [0.2, 0.25) is 0 Å². The molecule has 1 aromatic heterocycles. The van der Waals surface area contributed by atoms with Crippen molar-refractivity contribution in [2.24, 2.45) is 0 Å². The highest BCUT2D eigenvalue weighted by atomic mass is 35.5. The van der Waals surface area contributed by atoms with Gasteiger partial charge in [-0.3, -0.25) is 4.98 Å². The van der Waals surface area contributed by atoms with E-state index in [4.69, 9.17) is 22.1 Å². The molecule has 0 unspecified atom stereocenters. The van der Waals surface area contributed by atoms with Crippen molar-refractivity contribution in [1.82, 2.24) is 4.98 Å². The number of rotatable bonds is 3. The Morgan fingerprint density at radius 3 is 2.88 bits per heavy atom. The Morgan fingerprint density at radius 1 is 1.25 bits per heavy atom. The molecule has 82 valence electrons. The molecular formula is C12H11ClN2O. The summed E-state index contributed by atoms with van der Waals surface area (Å²) in [6.07, 6.45) is 1.72. The average Bonchev–Trinajstić information content (AvgIpc) is 2.32. The number of anilines is 1. The zero-order valence-corrected chi connectivity index (χ0v) is 9.32. The fourth-order valence-corrected chi connectivity index (χ4v) is 1.43. The summed E-state index contributed by atoms with van der Waals surface area (Å²) in [7, 11) is 0. The fourth-order valence-electron chi connectivity index (χ4n) is 1.27. The molecule has 0 amide bonds. The molecule has 1 heterocycles. The first kappa shape index (κ1) is 10.8. The van der Waals surface area contributed by atoms with Crippen molar-refractivity contribution in [3.05, 3.63) is 53.3 Å². The fraction of sp³-hybridized carbons (Fsp3) is 0.0833. The van der Waals surface area contributed by atoms with Crippen LogP contribution in [-0.2, 0) is 6.61 Å². The zero-order valence-electron chi connectivity index (χ0n) is 8.56. The van der Waals surface area contributed by atoms with Crippen molar-refractivity contribution >= 4 is 17.3 Å². The lowest BCUT2D eigenvalue weighted by atomic mass is 10.3. The minimum absolute atomic E-state index is 0.380. The van der Waals surface area contributed by atoms with E-state index in [-0.39, 0.29) is 0 Å². The minimum atomic E-state index is 0.380. The number of pyridine rings is 1. The van der Waals surface area contributed by atoms with E-state index in [1.54, 1.807) is 24.4 Å². The van der Waals surface area contributed by atoms with Gasteiger partial charge in [-0.1, -0.05) is 17.7 Å². The van der Waals surface area contributed by atoms with Crippen LogP contribution in [0.2, 0.25) is 5.02 Å². The summed E-state index contributed by atoms with van der Waals surface area (Å²) in [6.45, 7) is 0.380. The molecule has 0 aliphatic heterocycles. The third kappa shape index (κ3) is 2.64. The molecule has 2 rings (SSSR count). The quantitative estimate of drug-likeness (QED) is 0.831. The molecule has 1 aromatic carbocycles. The van der Waals surface area contributed by atoms with Crippen LogP contribution in [0.5, 0.6) is 5.75 Å². The topological polar surface area (TPSA) is 48.1 Å². The van der Waals surface area contributed by atoms with E-state index < -0.39 is 0 Å². The molecular weight excluding hydrogens is 224 g/mol. The first-order chi connectivity index (χ1) is 7.75. The van der Waals surface area contributed by atoms with E-state index in [0.717, 1.165) is 5.69 Å².